The highest BCUT2D eigenvalue weighted by Gasteiger charge is 2.10. The van der Waals surface area contributed by atoms with E-state index in [2.05, 4.69) is 26.9 Å². The fraction of sp³-hybridized carbons (Fsp3) is 0.304. The zero-order valence-corrected chi connectivity index (χ0v) is 19.6. The van der Waals surface area contributed by atoms with Gasteiger partial charge in [0.1, 0.15) is 0 Å². The minimum Gasteiger partial charge on any atom is -0.396 e. The van der Waals surface area contributed by atoms with E-state index < -0.39 is 0 Å². The second-order valence-corrected chi connectivity index (χ2v) is 6.82. The Morgan fingerprint density at radius 2 is 1.77 bits per heavy atom. The first-order chi connectivity index (χ1) is 14.3. The average Bonchev–Trinajstić information content (AvgIpc) is 3.24. The highest BCUT2D eigenvalue weighted by Crippen LogP contribution is 2.15. The van der Waals surface area contributed by atoms with Crippen molar-refractivity contribution in [1.29, 1.82) is 0 Å². The van der Waals surface area contributed by atoms with Gasteiger partial charge in [0, 0.05) is 25.2 Å². The van der Waals surface area contributed by atoms with Gasteiger partial charge in [0.05, 0.1) is 25.0 Å². The third kappa shape index (κ3) is 7.14. The van der Waals surface area contributed by atoms with Gasteiger partial charge in [-0.25, -0.2) is 4.68 Å². The fourth-order valence-electron chi connectivity index (χ4n) is 3.07. The van der Waals surface area contributed by atoms with Crippen LogP contribution in [0, 0.1) is 0 Å². The third-order valence-corrected chi connectivity index (χ3v) is 4.67. The van der Waals surface area contributed by atoms with Crippen molar-refractivity contribution in [2.75, 3.05) is 26.2 Å². The number of guanidine groups is 1. The maximum absolute atomic E-state index is 9.72. The van der Waals surface area contributed by atoms with E-state index in [4.69, 9.17) is 0 Å². The number of aromatic nitrogens is 2. The Morgan fingerprint density at radius 3 is 2.43 bits per heavy atom. The minimum atomic E-state index is -0.00393. The molecule has 1 aromatic heterocycles. The molecule has 0 aliphatic rings. The first kappa shape index (κ1) is 23.9. The lowest BCUT2D eigenvalue weighted by molar-refractivity contribution is 0.268. The maximum atomic E-state index is 9.72. The minimum absolute atomic E-state index is 0. The largest absolute Gasteiger partial charge is 0.396 e. The molecule has 160 valence electrons. The molecule has 1 atom stereocenters. The van der Waals surface area contributed by atoms with Crippen molar-refractivity contribution in [3.8, 4) is 5.69 Å². The van der Waals surface area contributed by atoms with Crippen molar-refractivity contribution >= 4 is 29.9 Å². The predicted molar refractivity (Wildman–Crippen MR) is 133 cm³/mol. The molecule has 0 spiro atoms. The third-order valence-electron chi connectivity index (χ3n) is 4.67. The molecule has 3 aromatic rings. The topological polar surface area (TPSA) is 74.5 Å². The molecule has 0 saturated carbocycles. The molecule has 30 heavy (non-hydrogen) atoms. The molecule has 3 rings (SSSR count). The Bertz CT molecular complexity index is 883. The Kier molecular flexibility index (Phi) is 10.4. The van der Waals surface area contributed by atoms with Gasteiger partial charge in [-0.15, -0.1) is 24.0 Å². The zero-order chi connectivity index (χ0) is 20.3. The summed E-state index contributed by atoms with van der Waals surface area (Å²) < 4.78 is 1.89. The van der Waals surface area contributed by atoms with Crippen LogP contribution in [0.25, 0.3) is 5.69 Å². The molecule has 0 saturated heterocycles. The van der Waals surface area contributed by atoms with Crippen LogP contribution >= 0.6 is 24.0 Å². The summed E-state index contributed by atoms with van der Waals surface area (Å²) in [6.07, 6.45) is 4.80. The summed E-state index contributed by atoms with van der Waals surface area (Å²) >= 11 is 0. The summed E-state index contributed by atoms with van der Waals surface area (Å²) in [6, 6.07) is 20.1. The van der Waals surface area contributed by atoms with Gasteiger partial charge in [-0.05, 0) is 36.6 Å². The smallest absolute Gasteiger partial charge is 0.191 e. The predicted octanol–water partition coefficient (Wildman–Crippen LogP) is 3.36. The van der Waals surface area contributed by atoms with Crippen molar-refractivity contribution in [2.45, 2.75) is 19.3 Å². The molecular weight excluding hydrogens is 489 g/mol. The lowest BCUT2D eigenvalue weighted by Gasteiger charge is -2.15. The molecule has 2 aromatic carbocycles. The van der Waals surface area contributed by atoms with Crippen LogP contribution < -0.4 is 10.6 Å². The van der Waals surface area contributed by atoms with Gasteiger partial charge in [-0.2, -0.15) is 5.10 Å². The van der Waals surface area contributed by atoms with Gasteiger partial charge in [-0.3, -0.25) is 4.99 Å². The quantitative estimate of drug-likeness (QED) is 0.230. The second-order valence-electron chi connectivity index (χ2n) is 6.82. The molecule has 1 unspecified atom stereocenters. The fourth-order valence-corrected chi connectivity index (χ4v) is 3.07. The molecule has 0 radical (unpaired) electrons. The average molecular weight is 519 g/mol. The van der Waals surface area contributed by atoms with Crippen LogP contribution in [0.5, 0.6) is 0 Å². The van der Waals surface area contributed by atoms with E-state index >= 15 is 0 Å². The number of aliphatic hydroxyl groups excluding tert-OH is 1. The number of hydrogen-bond donors (Lipinski definition) is 3. The van der Waals surface area contributed by atoms with Gasteiger partial charge < -0.3 is 15.7 Å². The van der Waals surface area contributed by atoms with E-state index in [1.165, 1.54) is 0 Å². The van der Waals surface area contributed by atoms with Crippen LogP contribution in [0.2, 0.25) is 0 Å². The van der Waals surface area contributed by atoms with Gasteiger partial charge in [0.2, 0.25) is 0 Å². The maximum Gasteiger partial charge on any atom is 0.191 e. The molecule has 0 aliphatic carbocycles. The summed E-state index contributed by atoms with van der Waals surface area (Å²) in [5.41, 5.74) is 3.32. The second kappa shape index (κ2) is 13.0. The molecule has 7 heteroatoms. The van der Waals surface area contributed by atoms with Gasteiger partial charge in [0.15, 0.2) is 5.96 Å². The van der Waals surface area contributed by atoms with E-state index in [9.17, 15) is 5.11 Å². The Hall–Kier alpha value is -2.39. The number of aliphatic hydroxyl groups is 1. The summed E-state index contributed by atoms with van der Waals surface area (Å²) in [6.45, 7) is 4.18. The molecule has 0 amide bonds. The number of para-hydroxylation sites is 1. The van der Waals surface area contributed by atoms with Crippen molar-refractivity contribution < 1.29 is 5.11 Å². The molecule has 0 fully saturated rings. The van der Waals surface area contributed by atoms with E-state index in [-0.39, 0.29) is 36.5 Å². The molecular formula is C23H30IN5O. The normalized spacial score (nSPS) is 12.1. The molecule has 6 nitrogen and oxygen atoms in total. The van der Waals surface area contributed by atoms with E-state index in [1.54, 1.807) is 0 Å². The Balaban J connectivity index is 0.00000320. The van der Waals surface area contributed by atoms with Crippen LogP contribution in [-0.2, 0) is 6.42 Å². The zero-order valence-electron chi connectivity index (χ0n) is 17.2. The molecule has 3 N–H and O–H groups in total. The highest BCUT2D eigenvalue weighted by atomic mass is 127. The number of aliphatic imine (C=N–C) groups is 1. The molecule has 0 aliphatic heterocycles. The monoisotopic (exact) mass is 519 g/mol. The van der Waals surface area contributed by atoms with Crippen molar-refractivity contribution in [1.82, 2.24) is 20.4 Å². The van der Waals surface area contributed by atoms with E-state index in [0.29, 0.717) is 6.54 Å². The van der Waals surface area contributed by atoms with Gasteiger partial charge in [0.25, 0.3) is 0 Å². The highest BCUT2D eigenvalue weighted by molar-refractivity contribution is 14.0. The summed E-state index contributed by atoms with van der Waals surface area (Å²) in [4.78, 5) is 4.66. The van der Waals surface area contributed by atoms with Crippen LogP contribution in [-0.4, -0.2) is 47.1 Å². The van der Waals surface area contributed by atoms with Crippen molar-refractivity contribution in [3.05, 3.63) is 84.2 Å². The summed E-state index contributed by atoms with van der Waals surface area (Å²) in [5, 5.41) is 20.8. The van der Waals surface area contributed by atoms with Crippen LogP contribution in [0.1, 0.15) is 24.0 Å². The summed E-state index contributed by atoms with van der Waals surface area (Å²) in [7, 11) is 0. The number of rotatable bonds is 9. The number of halogens is 1. The van der Waals surface area contributed by atoms with Crippen molar-refractivity contribution in [3.63, 3.8) is 0 Å². The van der Waals surface area contributed by atoms with Gasteiger partial charge >= 0.3 is 0 Å². The standard InChI is InChI=1S/C23H29N5O.HI/c1-2-24-23(26-16-21(18-29)20-9-5-3-6-10-20)25-14-13-19-15-27-28(17-19)22-11-7-4-8-12-22;/h3-12,15,17,21,29H,2,13-14,16,18H2,1H3,(H2,24,25,26);1H. The lowest BCUT2D eigenvalue weighted by Crippen LogP contribution is -2.38. The number of benzene rings is 2. The Morgan fingerprint density at radius 1 is 1.07 bits per heavy atom. The first-order valence-electron chi connectivity index (χ1n) is 10.1. The lowest BCUT2D eigenvalue weighted by atomic mass is 10.0. The molecule has 0 bridgehead atoms. The summed E-state index contributed by atoms with van der Waals surface area (Å²) in [5.74, 6) is 0.757. The molecule has 1 heterocycles. The first-order valence-corrected chi connectivity index (χ1v) is 10.1. The van der Waals surface area contributed by atoms with E-state index in [1.807, 2.05) is 78.5 Å². The number of hydrogen-bond acceptors (Lipinski definition) is 3. The number of nitrogens with zero attached hydrogens (tertiary/aromatic N) is 3. The van der Waals surface area contributed by atoms with E-state index in [0.717, 1.165) is 42.3 Å². The Labute approximate surface area is 195 Å². The van der Waals surface area contributed by atoms with Crippen molar-refractivity contribution in [2.24, 2.45) is 4.99 Å². The number of nitrogens with one attached hydrogen (secondary N) is 2. The van der Waals surface area contributed by atoms with Crippen LogP contribution in [0.3, 0.4) is 0 Å². The van der Waals surface area contributed by atoms with Crippen LogP contribution in [0.4, 0.5) is 0 Å². The SMILES string of the molecule is CCNC(=NCC(CO)c1ccccc1)NCCc1cnn(-c2ccccc2)c1.I. The van der Waals surface area contributed by atoms with Crippen LogP contribution in [0.15, 0.2) is 78.0 Å². The van der Waals surface area contributed by atoms with Gasteiger partial charge in [-0.1, -0.05) is 48.5 Å².